The van der Waals surface area contributed by atoms with Crippen LogP contribution in [0, 0.1) is 24.7 Å². The van der Waals surface area contributed by atoms with E-state index in [1.54, 1.807) is 6.07 Å². The Hall–Kier alpha value is -2.50. The van der Waals surface area contributed by atoms with Crippen LogP contribution in [-0.4, -0.2) is 23.1 Å². The lowest BCUT2D eigenvalue weighted by Crippen LogP contribution is -2.54. The summed E-state index contributed by atoms with van der Waals surface area (Å²) in [7, 11) is 0. The second-order valence-corrected chi connectivity index (χ2v) is 9.10. The summed E-state index contributed by atoms with van der Waals surface area (Å²) in [4.78, 5) is 12.2. The van der Waals surface area contributed by atoms with Gasteiger partial charge in [-0.15, -0.1) is 0 Å². The van der Waals surface area contributed by atoms with Crippen molar-refractivity contribution in [2.75, 3.05) is 22.5 Å². The maximum absolute atomic E-state index is 12.2. The van der Waals surface area contributed by atoms with Crippen LogP contribution in [-0.2, 0) is 4.79 Å². The predicted octanol–water partition coefficient (Wildman–Crippen LogP) is 4.41. The van der Waals surface area contributed by atoms with E-state index in [-0.39, 0.29) is 18.0 Å². The standard InChI is InChI=1S/C22H28N4O2/c1-14-6-21(28-26-14)24-20(27)13-23-18-4-2-3-5-19(18)25-22-10-15-7-16(11-22)9-17(8-15)12-22/h2-6,15-17,23,25H,7-13H2,1H3,(H,24,27). The molecule has 6 rings (SSSR count). The van der Waals surface area contributed by atoms with Gasteiger partial charge in [-0.2, -0.15) is 0 Å². The molecule has 4 fully saturated rings. The number of benzene rings is 1. The zero-order valence-electron chi connectivity index (χ0n) is 16.3. The van der Waals surface area contributed by atoms with Gasteiger partial charge in [0.1, 0.15) is 0 Å². The van der Waals surface area contributed by atoms with Crippen molar-refractivity contribution in [1.82, 2.24) is 5.16 Å². The highest BCUT2D eigenvalue weighted by Gasteiger charge is 2.51. The van der Waals surface area contributed by atoms with Crippen LogP contribution in [0.1, 0.15) is 44.2 Å². The molecule has 6 heteroatoms. The number of carbonyl (C=O) groups is 1. The molecule has 4 aliphatic carbocycles. The molecule has 1 amide bonds. The van der Waals surface area contributed by atoms with Crippen molar-refractivity contribution in [3.63, 3.8) is 0 Å². The molecule has 0 aliphatic heterocycles. The van der Waals surface area contributed by atoms with Gasteiger partial charge < -0.3 is 15.2 Å². The van der Waals surface area contributed by atoms with E-state index in [0.717, 1.165) is 34.8 Å². The third-order valence-corrected chi connectivity index (χ3v) is 6.70. The van der Waals surface area contributed by atoms with E-state index in [9.17, 15) is 4.79 Å². The molecule has 4 aliphatic rings. The molecule has 0 radical (unpaired) electrons. The molecule has 2 aromatic rings. The fourth-order valence-electron chi connectivity index (χ4n) is 6.08. The molecule has 0 atom stereocenters. The Balaban J connectivity index is 1.25. The molecule has 6 nitrogen and oxygen atoms in total. The summed E-state index contributed by atoms with van der Waals surface area (Å²) in [5, 5.41) is 13.7. The van der Waals surface area contributed by atoms with E-state index in [1.165, 1.54) is 38.5 Å². The maximum Gasteiger partial charge on any atom is 0.246 e. The number of hydrogen-bond donors (Lipinski definition) is 3. The molecule has 1 aromatic carbocycles. The quantitative estimate of drug-likeness (QED) is 0.692. The van der Waals surface area contributed by atoms with Crippen LogP contribution >= 0.6 is 0 Å². The Morgan fingerprint density at radius 2 is 1.75 bits per heavy atom. The van der Waals surface area contributed by atoms with Crippen LogP contribution in [0.25, 0.3) is 0 Å². The zero-order chi connectivity index (χ0) is 19.1. The first kappa shape index (κ1) is 17.6. The SMILES string of the molecule is Cc1cc(NC(=O)CNc2ccccc2NC23CC4CC(CC(C4)C2)C3)on1. The highest BCUT2D eigenvalue weighted by atomic mass is 16.5. The fourth-order valence-corrected chi connectivity index (χ4v) is 6.08. The first-order valence-corrected chi connectivity index (χ1v) is 10.4. The molecule has 3 N–H and O–H groups in total. The Kier molecular flexibility index (Phi) is 4.29. The van der Waals surface area contributed by atoms with Crippen molar-refractivity contribution < 1.29 is 9.32 Å². The van der Waals surface area contributed by atoms with Crippen molar-refractivity contribution >= 4 is 23.2 Å². The zero-order valence-corrected chi connectivity index (χ0v) is 16.3. The van der Waals surface area contributed by atoms with E-state index in [4.69, 9.17) is 4.52 Å². The van der Waals surface area contributed by atoms with E-state index < -0.39 is 0 Å². The number of aryl methyl sites for hydroxylation is 1. The lowest BCUT2D eigenvalue weighted by Gasteiger charge is -2.57. The molecule has 28 heavy (non-hydrogen) atoms. The molecule has 148 valence electrons. The van der Waals surface area contributed by atoms with Crippen LogP contribution in [0.3, 0.4) is 0 Å². The Morgan fingerprint density at radius 1 is 1.11 bits per heavy atom. The number of nitrogens with zero attached hydrogens (tertiary/aromatic N) is 1. The minimum Gasteiger partial charge on any atom is -0.378 e. The van der Waals surface area contributed by atoms with Gasteiger partial charge in [0.05, 0.1) is 23.6 Å². The highest BCUT2D eigenvalue weighted by Crippen LogP contribution is 2.56. The van der Waals surface area contributed by atoms with E-state index in [1.807, 2.05) is 19.1 Å². The number of hydrogen-bond acceptors (Lipinski definition) is 5. The summed E-state index contributed by atoms with van der Waals surface area (Å²) in [6.07, 6.45) is 8.17. The summed E-state index contributed by atoms with van der Waals surface area (Å²) in [5.41, 5.74) is 3.06. The van der Waals surface area contributed by atoms with Gasteiger partial charge in [-0.3, -0.25) is 10.1 Å². The summed E-state index contributed by atoms with van der Waals surface area (Å²) < 4.78 is 5.05. The Bertz CT molecular complexity index is 840. The van der Waals surface area contributed by atoms with Crippen LogP contribution < -0.4 is 16.0 Å². The normalized spacial score (nSPS) is 30.2. The monoisotopic (exact) mass is 380 g/mol. The van der Waals surface area contributed by atoms with Gasteiger partial charge in [0.25, 0.3) is 0 Å². The molecule has 1 aromatic heterocycles. The highest BCUT2D eigenvalue weighted by molar-refractivity contribution is 5.93. The largest absolute Gasteiger partial charge is 0.378 e. The third-order valence-electron chi connectivity index (χ3n) is 6.70. The number of amides is 1. The van der Waals surface area contributed by atoms with Crippen LogP contribution in [0.5, 0.6) is 0 Å². The number of rotatable bonds is 6. The number of anilines is 3. The van der Waals surface area contributed by atoms with Gasteiger partial charge in [-0.1, -0.05) is 17.3 Å². The average molecular weight is 380 g/mol. The van der Waals surface area contributed by atoms with E-state index in [0.29, 0.717) is 5.88 Å². The Labute approximate surface area is 165 Å². The lowest BCUT2D eigenvalue weighted by atomic mass is 9.53. The first-order chi connectivity index (χ1) is 13.6. The fraction of sp³-hybridized carbons (Fsp3) is 0.545. The van der Waals surface area contributed by atoms with Gasteiger partial charge in [0.15, 0.2) is 0 Å². The van der Waals surface area contributed by atoms with Crippen molar-refractivity contribution in [2.24, 2.45) is 17.8 Å². The molecule has 0 spiro atoms. The second kappa shape index (κ2) is 6.83. The molecule has 0 unspecified atom stereocenters. The number of aromatic nitrogens is 1. The summed E-state index contributed by atoms with van der Waals surface area (Å²) in [6, 6.07) is 9.93. The van der Waals surface area contributed by atoms with E-state index >= 15 is 0 Å². The van der Waals surface area contributed by atoms with Crippen LogP contribution in [0.2, 0.25) is 0 Å². The number of carbonyl (C=O) groups excluding carboxylic acids is 1. The minimum absolute atomic E-state index is 0.152. The summed E-state index contributed by atoms with van der Waals surface area (Å²) in [5.74, 6) is 2.92. The average Bonchev–Trinajstić information content (AvgIpc) is 3.04. The van der Waals surface area contributed by atoms with Gasteiger partial charge in [-0.25, -0.2) is 0 Å². The predicted molar refractivity (Wildman–Crippen MR) is 109 cm³/mol. The summed E-state index contributed by atoms with van der Waals surface area (Å²) in [6.45, 7) is 2.00. The second-order valence-electron chi connectivity index (χ2n) is 9.10. The summed E-state index contributed by atoms with van der Waals surface area (Å²) >= 11 is 0. The minimum atomic E-state index is -0.152. The Morgan fingerprint density at radius 3 is 2.36 bits per heavy atom. The van der Waals surface area contributed by atoms with Gasteiger partial charge >= 0.3 is 0 Å². The van der Waals surface area contributed by atoms with Crippen LogP contribution in [0.4, 0.5) is 17.3 Å². The van der Waals surface area contributed by atoms with Gasteiger partial charge in [0.2, 0.25) is 11.8 Å². The topological polar surface area (TPSA) is 79.2 Å². The number of para-hydroxylation sites is 2. The van der Waals surface area contributed by atoms with Gasteiger partial charge in [-0.05, 0) is 75.3 Å². The molecule has 4 saturated carbocycles. The van der Waals surface area contributed by atoms with E-state index in [2.05, 4.69) is 33.2 Å². The van der Waals surface area contributed by atoms with Crippen molar-refractivity contribution in [3.05, 3.63) is 36.0 Å². The molecular weight excluding hydrogens is 352 g/mol. The third kappa shape index (κ3) is 3.48. The lowest BCUT2D eigenvalue weighted by molar-refractivity contribution is -0.114. The molecule has 0 saturated heterocycles. The van der Waals surface area contributed by atoms with Gasteiger partial charge in [0, 0.05) is 11.6 Å². The van der Waals surface area contributed by atoms with Crippen molar-refractivity contribution in [2.45, 2.75) is 51.0 Å². The van der Waals surface area contributed by atoms with Crippen molar-refractivity contribution in [1.29, 1.82) is 0 Å². The van der Waals surface area contributed by atoms with Crippen molar-refractivity contribution in [3.8, 4) is 0 Å². The molecule has 1 heterocycles. The first-order valence-electron chi connectivity index (χ1n) is 10.4. The smallest absolute Gasteiger partial charge is 0.246 e. The molecular formula is C22H28N4O2. The maximum atomic E-state index is 12.2. The van der Waals surface area contributed by atoms with Crippen LogP contribution in [0.15, 0.2) is 34.9 Å². The number of nitrogens with one attached hydrogen (secondary N) is 3. The molecule has 4 bridgehead atoms.